The van der Waals surface area contributed by atoms with Gasteiger partial charge in [0.15, 0.2) is 0 Å². The summed E-state index contributed by atoms with van der Waals surface area (Å²) >= 11 is 0. The van der Waals surface area contributed by atoms with Crippen LogP contribution in [0.15, 0.2) is 54.6 Å². The number of amides is 2. The van der Waals surface area contributed by atoms with Crippen LogP contribution in [0.3, 0.4) is 0 Å². The molecule has 0 bridgehead atoms. The molecule has 0 aliphatic heterocycles. The number of hydrogen-bond donors (Lipinski definition) is 2. The van der Waals surface area contributed by atoms with Crippen molar-refractivity contribution in [2.75, 3.05) is 20.6 Å². The molecule has 36 heavy (non-hydrogen) atoms. The predicted molar refractivity (Wildman–Crippen MR) is 145 cm³/mol. The molecule has 0 atom stereocenters. The van der Waals surface area contributed by atoms with Crippen LogP contribution in [-0.4, -0.2) is 49.1 Å². The van der Waals surface area contributed by atoms with Crippen LogP contribution in [0.2, 0.25) is 0 Å². The molecule has 1 aliphatic carbocycles. The van der Waals surface area contributed by atoms with Gasteiger partial charge in [-0.3, -0.25) is 4.79 Å². The third kappa shape index (κ3) is 8.98. The lowest BCUT2D eigenvalue weighted by Crippen LogP contribution is -2.52. The van der Waals surface area contributed by atoms with E-state index in [1.54, 1.807) is 0 Å². The van der Waals surface area contributed by atoms with Gasteiger partial charge in [-0.25, -0.2) is 4.79 Å². The Morgan fingerprint density at radius 3 is 2.31 bits per heavy atom. The fraction of sp³-hybridized carbons (Fsp3) is 0.533. The molecule has 2 N–H and O–H groups in total. The topological polar surface area (TPSA) is 70.7 Å². The van der Waals surface area contributed by atoms with E-state index in [0.29, 0.717) is 13.0 Å². The first kappa shape index (κ1) is 27.7. The van der Waals surface area contributed by atoms with Crippen LogP contribution in [0.5, 0.6) is 0 Å². The van der Waals surface area contributed by atoms with Gasteiger partial charge in [0.25, 0.3) is 0 Å². The van der Waals surface area contributed by atoms with E-state index < -0.39 is 6.09 Å². The van der Waals surface area contributed by atoms with Crippen LogP contribution < -0.4 is 10.6 Å². The zero-order valence-electron chi connectivity index (χ0n) is 22.2. The van der Waals surface area contributed by atoms with Gasteiger partial charge in [-0.2, -0.15) is 0 Å². The number of nitrogens with one attached hydrogen (secondary N) is 2. The van der Waals surface area contributed by atoms with Gasteiger partial charge < -0.3 is 20.3 Å². The van der Waals surface area contributed by atoms with Gasteiger partial charge in [0.1, 0.15) is 6.61 Å². The molecule has 1 fully saturated rings. The first-order chi connectivity index (χ1) is 17.4. The van der Waals surface area contributed by atoms with Crippen molar-refractivity contribution in [1.82, 2.24) is 15.5 Å². The van der Waals surface area contributed by atoms with Crippen LogP contribution in [0.4, 0.5) is 4.79 Å². The molecule has 0 radical (unpaired) electrons. The van der Waals surface area contributed by atoms with Crippen molar-refractivity contribution in [1.29, 1.82) is 0 Å². The van der Waals surface area contributed by atoms with Crippen molar-refractivity contribution in [2.45, 2.75) is 82.9 Å². The SMILES string of the molecule is Cc1ccc(CC2(N(C)C)CCC(NC(=O)CCCCCNC(=O)OCc3ccccc3)CC2)cc1. The number of ether oxygens (including phenoxy) is 1. The molecule has 0 aromatic heterocycles. The minimum atomic E-state index is -0.398. The van der Waals surface area contributed by atoms with Gasteiger partial charge in [-0.05, 0) is 77.1 Å². The summed E-state index contributed by atoms with van der Waals surface area (Å²) in [6, 6.07) is 18.8. The summed E-state index contributed by atoms with van der Waals surface area (Å²) in [5, 5.41) is 6.04. The smallest absolute Gasteiger partial charge is 0.407 e. The Kier molecular flexibility index (Phi) is 10.8. The number of unbranched alkanes of at least 4 members (excludes halogenated alkanes) is 2. The highest BCUT2D eigenvalue weighted by Gasteiger charge is 2.37. The molecule has 6 heteroatoms. The number of aryl methyl sites for hydroxylation is 1. The van der Waals surface area contributed by atoms with E-state index >= 15 is 0 Å². The molecular weight excluding hydrogens is 450 g/mol. The minimum absolute atomic E-state index is 0.145. The molecule has 0 spiro atoms. The number of nitrogens with zero attached hydrogens (tertiary/aromatic N) is 1. The zero-order valence-corrected chi connectivity index (χ0v) is 22.2. The summed E-state index contributed by atoms with van der Waals surface area (Å²) in [6.45, 7) is 2.96. The fourth-order valence-electron chi connectivity index (χ4n) is 5.02. The van der Waals surface area contributed by atoms with Gasteiger partial charge in [-0.15, -0.1) is 0 Å². The molecule has 196 valence electrons. The molecule has 3 rings (SSSR count). The molecule has 6 nitrogen and oxygen atoms in total. The monoisotopic (exact) mass is 493 g/mol. The average molecular weight is 494 g/mol. The van der Waals surface area contributed by atoms with E-state index in [9.17, 15) is 9.59 Å². The standard InChI is InChI=1S/C30H43N3O3/c1-24-13-15-25(16-14-24)22-30(33(2)3)19-17-27(18-20-30)32-28(34)12-8-5-9-21-31-29(35)36-23-26-10-6-4-7-11-26/h4,6-7,10-11,13-16,27H,5,8-9,12,17-23H2,1-3H3,(H,31,35)(H,32,34). The number of rotatable bonds is 12. The molecule has 2 aromatic carbocycles. The Morgan fingerprint density at radius 1 is 0.944 bits per heavy atom. The highest BCUT2D eigenvalue weighted by atomic mass is 16.5. The van der Waals surface area contributed by atoms with Crippen molar-refractivity contribution < 1.29 is 14.3 Å². The quantitative estimate of drug-likeness (QED) is 0.389. The largest absolute Gasteiger partial charge is 0.445 e. The molecule has 0 heterocycles. The molecule has 0 unspecified atom stereocenters. The van der Waals surface area contributed by atoms with Crippen LogP contribution in [0, 0.1) is 6.92 Å². The number of alkyl carbamates (subject to hydrolysis) is 1. The summed E-state index contributed by atoms with van der Waals surface area (Å²) in [5.74, 6) is 0.145. The number of carbonyl (C=O) groups is 2. The van der Waals surface area contributed by atoms with E-state index in [1.165, 1.54) is 11.1 Å². The Morgan fingerprint density at radius 2 is 1.64 bits per heavy atom. The highest BCUT2D eigenvalue weighted by Crippen LogP contribution is 2.35. The van der Waals surface area contributed by atoms with E-state index in [2.05, 4.69) is 60.8 Å². The maximum atomic E-state index is 12.5. The van der Waals surface area contributed by atoms with Crippen molar-refractivity contribution >= 4 is 12.0 Å². The van der Waals surface area contributed by atoms with Crippen LogP contribution >= 0.6 is 0 Å². The van der Waals surface area contributed by atoms with Crippen molar-refractivity contribution in [3.8, 4) is 0 Å². The minimum Gasteiger partial charge on any atom is -0.445 e. The van der Waals surface area contributed by atoms with Crippen molar-refractivity contribution in [3.63, 3.8) is 0 Å². The van der Waals surface area contributed by atoms with Crippen LogP contribution in [0.1, 0.15) is 68.1 Å². The van der Waals surface area contributed by atoms with E-state index in [-0.39, 0.29) is 24.1 Å². The number of benzene rings is 2. The van der Waals surface area contributed by atoms with E-state index in [4.69, 9.17) is 4.74 Å². The number of likely N-dealkylation sites (N-methyl/N-ethyl adjacent to an activating group) is 1. The second-order valence-corrected chi connectivity index (χ2v) is 10.4. The molecule has 0 saturated heterocycles. The van der Waals surface area contributed by atoms with Gasteiger partial charge in [-0.1, -0.05) is 66.6 Å². The Balaban J connectivity index is 1.27. The molecule has 1 aliphatic rings. The lowest BCUT2D eigenvalue weighted by molar-refractivity contribution is -0.122. The summed E-state index contributed by atoms with van der Waals surface area (Å²) in [7, 11) is 4.37. The van der Waals surface area contributed by atoms with Gasteiger partial charge in [0, 0.05) is 24.5 Å². The Labute approximate surface area is 216 Å². The van der Waals surface area contributed by atoms with Crippen LogP contribution in [-0.2, 0) is 22.6 Å². The zero-order chi connectivity index (χ0) is 25.8. The van der Waals surface area contributed by atoms with Gasteiger partial charge in [0.05, 0.1) is 0 Å². The third-order valence-corrected chi connectivity index (χ3v) is 7.45. The number of hydrogen-bond acceptors (Lipinski definition) is 4. The summed E-state index contributed by atoms with van der Waals surface area (Å²) in [6.07, 6.45) is 7.97. The summed E-state index contributed by atoms with van der Waals surface area (Å²) in [4.78, 5) is 26.6. The normalized spacial score (nSPS) is 19.6. The summed E-state index contributed by atoms with van der Waals surface area (Å²) in [5.41, 5.74) is 3.80. The first-order valence-corrected chi connectivity index (χ1v) is 13.3. The van der Waals surface area contributed by atoms with Crippen LogP contribution in [0.25, 0.3) is 0 Å². The number of carbonyl (C=O) groups excluding carboxylic acids is 2. The van der Waals surface area contributed by atoms with Crippen molar-refractivity contribution in [3.05, 3.63) is 71.3 Å². The maximum Gasteiger partial charge on any atom is 0.407 e. The van der Waals surface area contributed by atoms with Crippen molar-refractivity contribution in [2.24, 2.45) is 0 Å². The lowest BCUT2D eigenvalue weighted by Gasteiger charge is -2.45. The first-order valence-electron chi connectivity index (χ1n) is 13.3. The van der Waals surface area contributed by atoms with E-state index in [1.807, 2.05) is 30.3 Å². The maximum absolute atomic E-state index is 12.5. The second-order valence-electron chi connectivity index (χ2n) is 10.4. The molecule has 2 aromatic rings. The highest BCUT2D eigenvalue weighted by molar-refractivity contribution is 5.76. The Hall–Kier alpha value is -2.86. The summed E-state index contributed by atoms with van der Waals surface area (Å²) < 4.78 is 5.21. The predicted octanol–water partition coefficient (Wildman–Crippen LogP) is 5.38. The molecular formula is C30H43N3O3. The third-order valence-electron chi connectivity index (χ3n) is 7.45. The average Bonchev–Trinajstić information content (AvgIpc) is 2.88. The Bertz CT molecular complexity index is 936. The van der Waals surface area contributed by atoms with Gasteiger partial charge in [0.2, 0.25) is 5.91 Å². The fourth-order valence-corrected chi connectivity index (χ4v) is 5.02. The second kappa shape index (κ2) is 14.0. The van der Waals surface area contributed by atoms with Gasteiger partial charge >= 0.3 is 6.09 Å². The van der Waals surface area contributed by atoms with E-state index in [0.717, 1.165) is 56.9 Å². The molecule has 2 amide bonds. The molecule has 1 saturated carbocycles. The lowest BCUT2D eigenvalue weighted by atomic mass is 9.74.